The number of nitrogens with zero attached hydrogens (tertiary/aromatic N) is 1. The minimum Gasteiger partial charge on any atom is -0.480 e. The first-order valence-electron chi connectivity index (χ1n) is 6.26. The topological polar surface area (TPSA) is 121 Å². The third-order valence-corrected chi connectivity index (χ3v) is 2.43. The molecule has 0 spiro atoms. The Hall–Kier alpha value is -1.84. The van der Waals surface area contributed by atoms with Gasteiger partial charge in [-0.2, -0.15) is 13.2 Å². The average molecular weight is 330 g/mol. The number of halogens is 3. The van der Waals surface area contributed by atoms with Gasteiger partial charge >= 0.3 is 18.1 Å². The second-order valence-electron chi connectivity index (χ2n) is 5.02. The van der Waals surface area contributed by atoms with E-state index in [9.17, 15) is 22.8 Å². The maximum Gasteiger partial charge on any atom is 0.490 e. The maximum absolute atomic E-state index is 11.5. The predicted octanol–water partition coefficient (Wildman–Crippen LogP) is 0.925. The van der Waals surface area contributed by atoms with Gasteiger partial charge in [0.25, 0.3) is 0 Å². The van der Waals surface area contributed by atoms with Crippen LogP contribution in [0.5, 0.6) is 0 Å². The van der Waals surface area contributed by atoms with Crippen LogP contribution in [0.1, 0.15) is 27.2 Å². The Morgan fingerprint density at radius 1 is 1.14 bits per heavy atom. The van der Waals surface area contributed by atoms with E-state index in [1.54, 1.807) is 6.92 Å². The number of rotatable bonds is 5. The molecule has 0 aliphatic carbocycles. The van der Waals surface area contributed by atoms with Crippen LogP contribution in [0.15, 0.2) is 0 Å². The highest BCUT2D eigenvalue weighted by molar-refractivity contribution is 5.86. The molecule has 0 aromatic rings. The van der Waals surface area contributed by atoms with Crippen LogP contribution >= 0.6 is 0 Å². The lowest BCUT2D eigenvalue weighted by Gasteiger charge is -2.27. The number of carboxylic acids is 2. The molecule has 0 saturated carbocycles. The number of likely N-dealkylation sites (N-methyl/N-ethyl adjacent to an activating group) is 1. The second kappa shape index (κ2) is 9.23. The number of carboxylic acid groups (broad SMARTS) is 2. The SMILES string of the molecule is CC(C)C[C@@H](C(=O)O)N(C)C(=O)[C@H](C)N.O=C(O)C(F)(F)F. The van der Waals surface area contributed by atoms with Crippen molar-refractivity contribution >= 4 is 17.8 Å². The minimum atomic E-state index is -5.08. The number of amides is 1. The van der Waals surface area contributed by atoms with Gasteiger partial charge in [0, 0.05) is 7.05 Å². The van der Waals surface area contributed by atoms with Crippen LogP contribution < -0.4 is 5.73 Å². The van der Waals surface area contributed by atoms with Crippen molar-refractivity contribution in [3.8, 4) is 0 Å². The molecule has 4 N–H and O–H groups in total. The highest BCUT2D eigenvalue weighted by Crippen LogP contribution is 2.13. The zero-order valence-electron chi connectivity index (χ0n) is 12.7. The van der Waals surface area contributed by atoms with Crippen molar-refractivity contribution in [3.05, 3.63) is 0 Å². The van der Waals surface area contributed by atoms with E-state index in [1.165, 1.54) is 11.9 Å². The van der Waals surface area contributed by atoms with E-state index in [1.807, 2.05) is 13.8 Å². The Morgan fingerprint density at radius 3 is 1.68 bits per heavy atom. The van der Waals surface area contributed by atoms with E-state index in [0.717, 1.165) is 0 Å². The van der Waals surface area contributed by atoms with Gasteiger partial charge in [-0.1, -0.05) is 13.8 Å². The molecular weight excluding hydrogens is 309 g/mol. The van der Waals surface area contributed by atoms with Crippen molar-refractivity contribution in [1.82, 2.24) is 4.90 Å². The Morgan fingerprint density at radius 2 is 1.50 bits per heavy atom. The second-order valence-corrected chi connectivity index (χ2v) is 5.02. The maximum atomic E-state index is 11.5. The van der Waals surface area contributed by atoms with Crippen LogP contribution in [0.25, 0.3) is 0 Å². The number of carbonyl (C=O) groups is 3. The summed E-state index contributed by atoms with van der Waals surface area (Å²) < 4.78 is 31.7. The fourth-order valence-electron chi connectivity index (χ4n) is 1.35. The number of hydrogen-bond donors (Lipinski definition) is 3. The molecule has 1 amide bonds. The van der Waals surface area contributed by atoms with Gasteiger partial charge in [-0.15, -0.1) is 0 Å². The number of aliphatic carboxylic acids is 2. The monoisotopic (exact) mass is 330 g/mol. The fourth-order valence-corrected chi connectivity index (χ4v) is 1.35. The molecule has 130 valence electrons. The lowest BCUT2D eigenvalue weighted by Crippen LogP contribution is -2.48. The molecule has 0 saturated heterocycles. The molecule has 0 fully saturated rings. The summed E-state index contributed by atoms with van der Waals surface area (Å²) in [6.45, 7) is 5.38. The molecule has 0 radical (unpaired) electrons. The van der Waals surface area contributed by atoms with Crippen LogP contribution in [0, 0.1) is 5.92 Å². The highest BCUT2D eigenvalue weighted by Gasteiger charge is 2.38. The molecule has 0 heterocycles. The van der Waals surface area contributed by atoms with Crippen LogP contribution in [0.4, 0.5) is 13.2 Å². The van der Waals surface area contributed by atoms with Crippen LogP contribution in [0.2, 0.25) is 0 Å². The minimum absolute atomic E-state index is 0.217. The van der Waals surface area contributed by atoms with E-state index in [4.69, 9.17) is 20.7 Å². The van der Waals surface area contributed by atoms with Crippen molar-refractivity contribution in [2.75, 3.05) is 7.05 Å². The van der Waals surface area contributed by atoms with Gasteiger partial charge in [0.15, 0.2) is 0 Å². The lowest BCUT2D eigenvalue weighted by molar-refractivity contribution is -0.192. The Kier molecular flexibility index (Phi) is 9.42. The average Bonchev–Trinajstić information content (AvgIpc) is 2.33. The van der Waals surface area contributed by atoms with Gasteiger partial charge in [0.05, 0.1) is 6.04 Å². The first-order chi connectivity index (χ1) is 9.71. The smallest absolute Gasteiger partial charge is 0.480 e. The van der Waals surface area contributed by atoms with Gasteiger partial charge in [0.2, 0.25) is 5.91 Å². The molecule has 0 unspecified atom stereocenters. The summed E-state index contributed by atoms with van der Waals surface area (Å²) in [6.07, 6.45) is -4.65. The van der Waals surface area contributed by atoms with Gasteiger partial charge < -0.3 is 20.8 Å². The Balaban J connectivity index is 0. The fraction of sp³-hybridized carbons (Fsp3) is 0.750. The molecule has 0 aromatic carbocycles. The molecule has 0 aromatic heterocycles. The van der Waals surface area contributed by atoms with Crippen LogP contribution in [0.3, 0.4) is 0 Å². The number of nitrogens with two attached hydrogens (primary N) is 1. The third kappa shape index (κ3) is 9.16. The quantitative estimate of drug-likeness (QED) is 0.689. The van der Waals surface area contributed by atoms with Crippen molar-refractivity contribution in [2.45, 2.75) is 45.5 Å². The predicted molar refractivity (Wildman–Crippen MR) is 71.0 cm³/mol. The number of alkyl halides is 3. The first-order valence-corrected chi connectivity index (χ1v) is 6.26. The normalized spacial score (nSPS) is 13.7. The molecule has 0 aliphatic heterocycles. The van der Waals surface area contributed by atoms with Gasteiger partial charge in [0.1, 0.15) is 6.04 Å². The summed E-state index contributed by atoms with van der Waals surface area (Å²) in [5, 5.41) is 16.1. The van der Waals surface area contributed by atoms with Crippen molar-refractivity contribution in [1.29, 1.82) is 0 Å². The van der Waals surface area contributed by atoms with E-state index in [0.29, 0.717) is 6.42 Å². The molecule has 0 rings (SSSR count). The highest BCUT2D eigenvalue weighted by atomic mass is 19.4. The largest absolute Gasteiger partial charge is 0.490 e. The summed E-state index contributed by atoms with van der Waals surface area (Å²) in [6, 6.07) is -1.45. The van der Waals surface area contributed by atoms with E-state index >= 15 is 0 Å². The third-order valence-electron chi connectivity index (χ3n) is 2.43. The van der Waals surface area contributed by atoms with Crippen molar-refractivity contribution in [3.63, 3.8) is 0 Å². The summed E-state index contributed by atoms with van der Waals surface area (Å²) in [5.41, 5.74) is 5.42. The Bertz CT molecular complexity index is 397. The molecule has 7 nitrogen and oxygen atoms in total. The van der Waals surface area contributed by atoms with Crippen LogP contribution in [-0.4, -0.2) is 58.3 Å². The molecule has 0 aliphatic rings. The number of carbonyl (C=O) groups excluding carboxylic acids is 1. The standard InChI is InChI=1S/C10H20N2O3.C2HF3O2/c1-6(2)5-8(10(14)15)12(4)9(13)7(3)11;3-2(4,5)1(6)7/h6-8H,5,11H2,1-4H3,(H,14,15);(H,6,7)/t7-,8-;/m0./s1. The Labute approximate surface area is 125 Å². The molecule has 22 heavy (non-hydrogen) atoms. The first kappa shape index (κ1) is 22.4. The van der Waals surface area contributed by atoms with E-state index in [2.05, 4.69) is 0 Å². The van der Waals surface area contributed by atoms with Crippen molar-refractivity contribution in [2.24, 2.45) is 11.7 Å². The lowest BCUT2D eigenvalue weighted by atomic mass is 10.0. The molecular formula is C12H21F3N2O5. The summed E-state index contributed by atoms with van der Waals surface area (Å²) in [5.74, 6) is -3.87. The van der Waals surface area contributed by atoms with Crippen LogP contribution in [-0.2, 0) is 14.4 Å². The van der Waals surface area contributed by atoms with E-state index in [-0.39, 0.29) is 11.8 Å². The van der Waals surface area contributed by atoms with Gasteiger partial charge in [-0.3, -0.25) is 4.79 Å². The zero-order chi connectivity index (χ0) is 18.2. The summed E-state index contributed by atoms with van der Waals surface area (Å²) in [4.78, 5) is 32.6. The van der Waals surface area contributed by atoms with E-state index < -0.39 is 30.2 Å². The van der Waals surface area contributed by atoms with Crippen molar-refractivity contribution < 1.29 is 37.8 Å². The zero-order valence-corrected chi connectivity index (χ0v) is 12.7. The molecule has 10 heteroatoms. The van der Waals surface area contributed by atoms with Gasteiger partial charge in [-0.05, 0) is 19.3 Å². The summed E-state index contributed by atoms with van der Waals surface area (Å²) >= 11 is 0. The molecule has 2 atom stereocenters. The number of hydrogen-bond acceptors (Lipinski definition) is 4. The molecule has 0 bridgehead atoms. The summed E-state index contributed by atoms with van der Waals surface area (Å²) in [7, 11) is 1.48. The van der Waals surface area contributed by atoms with Gasteiger partial charge in [-0.25, -0.2) is 9.59 Å².